The summed E-state index contributed by atoms with van der Waals surface area (Å²) in [6.45, 7) is 1.97. The molecule has 0 radical (unpaired) electrons. The van der Waals surface area contributed by atoms with E-state index in [9.17, 15) is 4.79 Å². The zero-order valence-corrected chi connectivity index (χ0v) is 12.3. The summed E-state index contributed by atoms with van der Waals surface area (Å²) in [5.41, 5.74) is 0. The molecule has 0 aromatic carbocycles. The van der Waals surface area contributed by atoms with Gasteiger partial charge in [0.1, 0.15) is 0 Å². The van der Waals surface area contributed by atoms with Crippen LogP contribution in [0.25, 0.3) is 10.7 Å². The average Bonchev–Trinajstić information content (AvgIpc) is 2.87. The molecule has 0 aliphatic carbocycles. The maximum atomic E-state index is 11.4. The summed E-state index contributed by atoms with van der Waals surface area (Å²) in [6, 6.07) is 3.91. The minimum atomic E-state index is -0.0115. The van der Waals surface area contributed by atoms with E-state index in [4.69, 9.17) is 0 Å². The van der Waals surface area contributed by atoms with Crippen LogP contribution in [0.2, 0.25) is 0 Å². The van der Waals surface area contributed by atoms with Crippen LogP contribution in [0.15, 0.2) is 15.9 Å². The first-order chi connectivity index (χ1) is 8.19. The predicted molar refractivity (Wildman–Crippen MR) is 74.5 cm³/mol. The van der Waals surface area contributed by atoms with E-state index in [1.54, 1.807) is 11.3 Å². The van der Waals surface area contributed by atoms with E-state index in [0.29, 0.717) is 17.4 Å². The third-order valence-electron chi connectivity index (χ3n) is 1.94. The number of thiophene rings is 1. The molecule has 2 heterocycles. The van der Waals surface area contributed by atoms with Gasteiger partial charge in [-0.3, -0.25) is 4.79 Å². The Morgan fingerprint density at radius 1 is 1.53 bits per heavy atom. The summed E-state index contributed by atoms with van der Waals surface area (Å²) < 4.78 is 5.26. The van der Waals surface area contributed by atoms with Crippen molar-refractivity contribution in [2.75, 3.05) is 5.32 Å². The maximum absolute atomic E-state index is 11.4. The Kier molecular flexibility index (Phi) is 4.25. The van der Waals surface area contributed by atoms with Crippen molar-refractivity contribution in [3.8, 4) is 10.7 Å². The average molecular weight is 332 g/mol. The molecule has 0 spiro atoms. The lowest BCUT2D eigenvalue weighted by molar-refractivity contribution is -0.116. The molecular formula is C10H10BrN3OS2. The van der Waals surface area contributed by atoms with Crippen molar-refractivity contribution in [1.82, 2.24) is 9.36 Å². The summed E-state index contributed by atoms with van der Waals surface area (Å²) in [4.78, 5) is 16.7. The van der Waals surface area contributed by atoms with E-state index in [1.165, 1.54) is 11.5 Å². The quantitative estimate of drug-likeness (QED) is 0.927. The van der Waals surface area contributed by atoms with Gasteiger partial charge in [-0.05, 0) is 34.5 Å². The van der Waals surface area contributed by atoms with E-state index in [2.05, 4.69) is 30.6 Å². The Morgan fingerprint density at radius 3 is 3.00 bits per heavy atom. The van der Waals surface area contributed by atoms with E-state index in [1.807, 2.05) is 19.1 Å². The molecule has 0 saturated heterocycles. The Labute approximate surface area is 115 Å². The molecule has 0 atom stereocenters. The molecule has 0 fully saturated rings. The zero-order valence-electron chi connectivity index (χ0n) is 9.07. The van der Waals surface area contributed by atoms with Crippen molar-refractivity contribution >= 4 is 49.8 Å². The maximum Gasteiger partial charge on any atom is 0.226 e. The van der Waals surface area contributed by atoms with Crippen LogP contribution in [0.1, 0.15) is 19.8 Å². The monoisotopic (exact) mass is 331 g/mol. The first kappa shape index (κ1) is 12.7. The van der Waals surface area contributed by atoms with E-state index < -0.39 is 0 Å². The fraction of sp³-hybridized carbons (Fsp3) is 0.300. The lowest BCUT2D eigenvalue weighted by Crippen LogP contribution is -2.10. The molecule has 2 aromatic heterocycles. The molecule has 1 N–H and O–H groups in total. The van der Waals surface area contributed by atoms with Crippen molar-refractivity contribution < 1.29 is 4.79 Å². The molecule has 90 valence electrons. The highest BCUT2D eigenvalue weighted by Gasteiger charge is 2.10. The molecule has 0 saturated carbocycles. The minimum absolute atomic E-state index is 0.0115. The third kappa shape index (κ3) is 3.34. The molecule has 2 rings (SSSR count). The van der Waals surface area contributed by atoms with Crippen LogP contribution in [0, 0.1) is 0 Å². The number of hydrogen-bond acceptors (Lipinski definition) is 5. The minimum Gasteiger partial charge on any atom is -0.301 e. The molecule has 4 nitrogen and oxygen atoms in total. The number of carbonyl (C=O) groups excluding carboxylic acids is 1. The third-order valence-corrected chi connectivity index (χ3v) is 4.19. The van der Waals surface area contributed by atoms with Gasteiger partial charge in [-0.1, -0.05) is 6.92 Å². The van der Waals surface area contributed by atoms with Gasteiger partial charge in [0.2, 0.25) is 11.0 Å². The van der Waals surface area contributed by atoms with Crippen LogP contribution in [0.4, 0.5) is 5.13 Å². The number of carbonyl (C=O) groups is 1. The molecule has 17 heavy (non-hydrogen) atoms. The number of rotatable bonds is 4. The second-order valence-electron chi connectivity index (χ2n) is 3.33. The smallest absolute Gasteiger partial charge is 0.226 e. The number of amides is 1. The topological polar surface area (TPSA) is 54.9 Å². The molecule has 0 unspecified atom stereocenters. The van der Waals surface area contributed by atoms with Crippen molar-refractivity contribution in [3.63, 3.8) is 0 Å². The summed E-state index contributed by atoms with van der Waals surface area (Å²) >= 11 is 6.17. The lowest BCUT2D eigenvalue weighted by Gasteiger charge is -1.96. The molecular weight excluding hydrogens is 322 g/mol. The number of anilines is 1. The van der Waals surface area contributed by atoms with Gasteiger partial charge in [-0.2, -0.15) is 9.36 Å². The molecule has 7 heteroatoms. The molecule has 2 aromatic rings. The number of aromatic nitrogens is 2. The Balaban J connectivity index is 2.08. The fourth-order valence-corrected chi connectivity index (χ4v) is 3.19. The lowest BCUT2D eigenvalue weighted by atomic mass is 10.3. The number of nitrogens with one attached hydrogen (secondary N) is 1. The zero-order chi connectivity index (χ0) is 12.3. The summed E-state index contributed by atoms with van der Waals surface area (Å²) in [7, 11) is 0. The second kappa shape index (κ2) is 5.70. The van der Waals surface area contributed by atoms with E-state index in [-0.39, 0.29) is 5.91 Å². The van der Waals surface area contributed by atoms with Gasteiger partial charge in [-0.25, -0.2) is 0 Å². The number of nitrogens with zero attached hydrogens (tertiary/aromatic N) is 2. The van der Waals surface area contributed by atoms with Crippen LogP contribution in [0.5, 0.6) is 0 Å². The molecule has 0 bridgehead atoms. The molecule has 0 aliphatic heterocycles. The first-order valence-electron chi connectivity index (χ1n) is 5.08. The summed E-state index contributed by atoms with van der Waals surface area (Å²) in [5, 5.41) is 3.30. The standard InChI is InChI=1S/C10H10BrN3OS2/c1-2-3-8(15)12-10-13-9(14-17-10)6-4-5-7(11)16-6/h4-5H,2-3H2,1H3,(H,12,13,14,15). The van der Waals surface area contributed by atoms with Gasteiger partial charge in [0.05, 0.1) is 8.66 Å². The highest BCUT2D eigenvalue weighted by Crippen LogP contribution is 2.30. The highest BCUT2D eigenvalue weighted by molar-refractivity contribution is 9.11. The van der Waals surface area contributed by atoms with E-state index >= 15 is 0 Å². The molecule has 1 amide bonds. The van der Waals surface area contributed by atoms with Gasteiger partial charge in [0.25, 0.3) is 0 Å². The van der Waals surface area contributed by atoms with Gasteiger partial charge in [0, 0.05) is 18.0 Å². The first-order valence-corrected chi connectivity index (χ1v) is 7.46. The number of halogens is 1. The van der Waals surface area contributed by atoms with Crippen LogP contribution >= 0.6 is 38.8 Å². The van der Waals surface area contributed by atoms with Gasteiger partial charge < -0.3 is 5.32 Å². The SMILES string of the molecule is CCCC(=O)Nc1nc(-c2ccc(Br)s2)ns1. The fourth-order valence-electron chi connectivity index (χ4n) is 1.22. The van der Waals surface area contributed by atoms with Crippen molar-refractivity contribution in [2.45, 2.75) is 19.8 Å². The van der Waals surface area contributed by atoms with Crippen molar-refractivity contribution in [2.24, 2.45) is 0 Å². The van der Waals surface area contributed by atoms with Gasteiger partial charge >= 0.3 is 0 Å². The van der Waals surface area contributed by atoms with Gasteiger partial charge in [0.15, 0.2) is 5.82 Å². The number of hydrogen-bond donors (Lipinski definition) is 1. The summed E-state index contributed by atoms with van der Waals surface area (Å²) in [6.07, 6.45) is 1.34. The molecule has 0 aliphatic rings. The predicted octanol–water partition coefficient (Wildman–Crippen LogP) is 3.77. The van der Waals surface area contributed by atoms with Crippen LogP contribution < -0.4 is 5.32 Å². The van der Waals surface area contributed by atoms with Crippen LogP contribution in [-0.4, -0.2) is 15.3 Å². The van der Waals surface area contributed by atoms with Gasteiger partial charge in [-0.15, -0.1) is 11.3 Å². The Morgan fingerprint density at radius 2 is 2.35 bits per heavy atom. The second-order valence-corrected chi connectivity index (χ2v) is 6.54. The van der Waals surface area contributed by atoms with Crippen molar-refractivity contribution in [1.29, 1.82) is 0 Å². The largest absolute Gasteiger partial charge is 0.301 e. The Hall–Kier alpha value is -0.790. The Bertz CT molecular complexity index is 523. The highest BCUT2D eigenvalue weighted by atomic mass is 79.9. The van der Waals surface area contributed by atoms with Crippen LogP contribution in [-0.2, 0) is 4.79 Å². The van der Waals surface area contributed by atoms with Crippen molar-refractivity contribution in [3.05, 3.63) is 15.9 Å². The summed E-state index contributed by atoms with van der Waals surface area (Å²) in [5.74, 6) is 0.653. The normalized spacial score (nSPS) is 10.5. The van der Waals surface area contributed by atoms with E-state index in [0.717, 1.165) is 15.1 Å². The van der Waals surface area contributed by atoms with Crippen LogP contribution in [0.3, 0.4) is 0 Å².